The molecule has 20 heavy (non-hydrogen) atoms. The van der Waals surface area contributed by atoms with E-state index in [-0.39, 0.29) is 0 Å². The van der Waals surface area contributed by atoms with Gasteiger partial charge in [-0.2, -0.15) is 0 Å². The molecule has 0 fully saturated rings. The molecule has 0 spiro atoms. The van der Waals surface area contributed by atoms with Crippen molar-refractivity contribution in [2.45, 2.75) is 20.0 Å². The predicted octanol–water partition coefficient (Wildman–Crippen LogP) is 4.11. The summed E-state index contributed by atoms with van der Waals surface area (Å²) in [6, 6.07) is 14.6. The van der Waals surface area contributed by atoms with E-state index in [1.54, 1.807) is 0 Å². The Morgan fingerprint density at radius 3 is 2.70 bits per heavy atom. The largest absolute Gasteiger partial charge is 0.343 e. The van der Waals surface area contributed by atoms with Crippen molar-refractivity contribution in [2.24, 2.45) is 5.73 Å². The molecule has 0 unspecified atom stereocenters. The number of rotatable bonds is 3. The topological polar surface area (TPSA) is 30.9 Å². The van der Waals surface area contributed by atoms with Crippen LogP contribution in [0.25, 0.3) is 10.9 Å². The van der Waals surface area contributed by atoms with Gasteiger partial charge in [-0.1, -0.05) is 35.9 Å². The monoisotopic (exact) mass is 284 g/mol. The molecule has 3 aromatic rings. The Kier molecular flexibility index (Phi) is 3.51. The van der Waals surface area contributed by atoms with Gasteiger partial charge >= 0.3 is 0 Å². The zero-order chi connectivity index (χ0) is 14.1. The molecule has 0 amide bonds. The van der Waals surface area contributed by atoms with Gasteiger partial charge in [0, 0.05) is 35.2 Å². The molecule has 0 bridgehead atoms. The van der Waals surface area contributed by atoms with Gasteiger partial charge in [-0.3, -0.25) is 0 Å². The van der Waals surface area contributed by atoms with Gasteiger partial charge in [0.05, 0.1) is 0 Å². The first kappa shape index (κ1) is 13.2. The van der Waals surface area contributed by atoms with Gasteiger partial charge < -0.3 is 10.3 Å². The first-order chi connectivity index (χ1) is 9.69. The van der Waals surface area contributed by atoms with E-state index in [1.165, 1.54) is 22.0 Å². The lowest BCUT2D eigenvalue weighted by Gasteiger charge is -2.09. The summed E-state index contributed by atoms with van der Waals surface area (Å²) in [6.45, 7) is 3.39. The lowest BCUT2D eigenvalue weighted by molar-refractivity contribution is 0.836. The van der Waals surface area contributed by atoms with Crippen LogP contribution in [0.4, 0.5) is 0 Å². The summed E-state index contributed by atoms with van der Waals surface area (Å²) in [7, 11) is 0. The molecule has 2 nitrogen and oxygen atoms in total. The highest BCUT2D eigenvalue weighted by Gasteiger charge is 2.07. The highest BCUT2D eigenvalue weighted by atomic mass is 35.5. The Morgan fingerprint density at radius 2 is 1.95 bits per heavy atom. The molecule has 1 aromatic heterocycles. The Morgan fingerprint density at radius 1 is 1.10 bits per heavy atom. The van der Waals surface area contributed by atoms with E-state index >= 15 is 0 Å². The van der Waals surface area contributed by atoms with E-state index in [9.17, 15) is 0 Å². The lowest BCUT2D eigenvalue weighted by atomic mass is 10.1. The minimum atomic E-state index is 0.562. The fourth-order valence-electron chi connectivity index (χ4n) is 2.57. The van der Waals surface area contributed by atoms with Gasteiger partial charge in [0.1, 0.15) is 0 Å². The molecule has 0 saturated carbocycles. The molecule has 0 radical (unpaired) electrons. The quantitative estimate of drug-likeness (QED) is 0.771. The van der Waals surface area contributed by atoms with Gasteiger partial charge in [0.25, 0.3) is 0 Å². The van der Waals surface area contributed by atoms with Gasteiger partial charge in [0.2, 0.25) is 0 Å². The van der Waals surface area contributed by atoms with Crippen molar-refractivity contribution in [1.29, 1.82) is 0 Å². The Hall–Kier alpha value is -1.77. The zero-order valence-corrected chi connectivity index (χ0v) is 12.2. The van der Waals surface area contributed by atoms with E-state index < -0.39 is 0 Å². The molecule has 0 atom stereocenters. The van der Waals surface area contributed by atoms with Crippen LogP contribution in [0.15, 0.2) is 48.7 Å². The summed E-state index contributed by atoms with van der Waals surface area (Å²) in [5.41, 5.74) is 10.5. The molecule has 2 N–H and O–H groups in total. The second-order valence-corrected chi connectivity index (χ2v) is 5.50. The lowest BCUT2D eigenvalue weighted by Crippen LogP contribution is -2.00. The van der Waals surface area contributed by atoms with Crippen molar-refractivity contribution in [3.63, 3.8) is 0 Å². The molecule has 1 heterocycles. The highest BCUT2D eigenvalue weighted by molar-refractivity contribution is 6.31. The van der Waals surface area contributed by atoms with Crippen LogP contribution in [0.2, 0.25) is 5.02 Å². The van der Waals surface area contributed by atoms with Gasteiger partial charge in [-0.25, -0.2) is 0 Å². The molecule has 102 valence electrons. The van der Waals surface area contributed by atoms with Crippen LogP contribution in [0.1, 0.15) is 16.7 Å². The van der Waals surface area contributed by atoms with Crippen LogP contribution in [-0.2, 0) is 13.1 Å². The highest BCUT2D eigenvalue weighted by Crippen LogP contribution is 2.24. The van der Waals surface area contributed by atoms with Crippen molar-refractivity contribution in [2.75, 3.05) is 0 Å². The van der Waals surface area contributed by atoms with Crippen LogP contribution in [-0.4, -0.2) is 4.57 Å². The van der Waals surface area contributed by atoms with Crippen LogP contribution < -0.4 is 5.73 Å². The number of nitrogens with zero attached hydrogens (tertiary/aromatic N) is 1. The van der Waals surface area contributed by atoms with Gasteiger partial charge in [-0.15, -0.1) is 0 Å². The number of hydrogen-bond acceptors (Lipinski definition) is 1. The van der Waals surface area contributed by atoms with Crippen LogP contribution in [0, 0.1) is 6.92 Å². The molecule has 0 aliphatic heterocycles. The molecule has 0 aliphatic rings. The van der Waals surface area contributed by atoms with Crippen molar-refractivity contribution in [3.8, 4) is 0 Å². The average molecular weight is 285 g/mol. The number of nitrogens with two attached hydrogens (primary N) is 1. The average Bonchev–Trinajstić information content (AvgIpc) is 2.85. The second-order valence-electron chi connectivity index (χ2n) is 5.09. The molecule has 3 heteroatoms. The van der Waals surface area contributed by atoms with E-state index in [1.807, 2.05) is 13.0 Å². The van der Waals surface area contributed by atoms with Gasteiger partial charge in [-0.05, 0) is 41.8 Å². The van der Waals surface area contributed by atoms with Crippen LogP contribution >= 0.6 is 11.6 Å². The normalized spacial score (nSPS) is 11.2. The number of aryl methyl sites for hydroxylation is 1. The summed E-state index contributed by atoms with van der Waals surface area (Å²) in [5, 5.41) is 2.04. The van der Waals surface area contributed by atoms with Crippen molar-refractivity contribution >= 4 is 22.5 Å². The third-order valence-electron chi connectivity index (χ3n) is 3.67. The maximum Gasteiger partial charge on any atom is 0.0490 e. The second kappa shape index (κ2) is 5.31. The third kappa shape index (κ3) is 2.33. The maximum atomic E-state index is 6.32. The smallest absolute Gasteiger partial charge is 0.0490 e. The maximum absolute atomic E-state index is 6.32. The van der Waals surface area contributed by atoms with Gasteiger partial charge in [0.15, 0.2) is 0 Å². The van der Waals surface area contributed by atoms with E-state index in [0.717, 1.165) is 17.1 Å². The summed E-state index contributed by atoms with van der Waals surface area (Å²) < 4.78 is 2.21. The number of benzene rings is 2. The van der Waals surface area contributed by atoms with Crippen molar-refractivity contribution < 1.29 is 0 Å². The number of aromatic nitrogens is 1. The first-order valence-electron chi connectivity index (χ1n) is 6.71. The van der Waals surface area contributed by atoms with E-state index in [4.69, 9.17) is 17.3 Å². The molecule has 0 aliphatic carbocycles. The summed E-state index contributed by atoms with van der Waals surface area (Å²) in [4.78, 5) is 0. The van der Waals surface area contributed by atoms with E-state index in [0.29, 0.717) is 6.54 Å². The number of fused-ring (bicyclic) bond motifs is 1. The van der Waals surface area contributed by atoms with E-state index in [2.05, 4.69) is 47.2 Å². The fourth-order valence-corrected chi connectivity index (χ4v) is 2.86. The summed E-state index contributed by atoms with van der Waals surface area (Å²) >= 11 is 6.32. The van der Waals surface area contributed by atoms with Crippen LogP contribution in [0.3, 0.4) is 0 Å². The third-order valence-corrected chi connectivity index (χ3v) is 4.03. The number of hydrogen-bond donors (Lipinski definition) is 1. The Balaban J connectivity index is 2.03. The van der Waals surface area contributed by atoms with Crippen molar-refractivity contribution in [3.05, 3.63) is 70.4 Å². The first-order valence-corrected chi connectivity index (χ1v) is 7.08. The Bertz CT molecular complexity index is 759. The fraction of sp³-hybridized carbons (Fsp3) is 0.176. The molecule has 0 saturated heterocycles. The minimum Gasteiger partial charge on any atom is -0.343 e. The standard InChI is InChI=1S/C17H17ClN2/c1-12-5-6-14(16(18)9-12)11-20-8-7-15-13(10-19)3-2-4-17(15)20/h2-9H,10-11,19H2,1H3. The summed E-state index contributed by atoms with van der Waals surface area (Å²) in [6.07, 6.45) is 2.10. The SMILES string of the molecule is Cc1ccc(Cn2ccc3c(CN)cccc32)c(Cl)c1. The molecule has 2 aromatic carbocycles. The Labute approximate surface area is 123 Å². The minimum absolute atomic E-state index is 0.562. The summed E-state index contributed by atoms with van der Waals surface area (Å²) in [5.74, 6) is 0. The molecule has 3 rings (SSSR count). The predicted molar refractivity (Wildman–Crippen MR) is 85.1 cm³/mol. The van der Waals surface area contributed by atoms with Crippen molar-refractivity contribution in [1.82, 2.24) is 4.57 Å². The zero-order valence-electron chi connectivity index (χ0n) is 11.4. The molecular formula is C17H17ClN2. The molecular weight excluding hydrogens is 268 g/mol. The van der Waals surface area contributed by atoms with Crippen LogP contribution in [0.5, 0.6) is 0 Å². The number of halogens is 1.